The highest BCUT2D eigenvalue weighted by Crippen LogP contribution is 2.23. The summed E-state index contributed by atoms with van der Waals surface area (Å²) in [5.74, 6) is 0.368. The van der Waals surface area contributed by atoms with E-state index in [1.807, 2.05) is 6.92 Å². The van der Waals surface area contributed by atoms with E-state index < -0.39 is 0 Å². The number of H-pyrrole nitrogens is 1. The topological polar surface area (TPSA) is 79.2 Å². The number of nitrogens with zero attached hydrogens (tertiary/aromatic N) is 2. The van der Waals surface area contributed by atoms with Crippen LogP contribution >= 0.6 is 0 Å². The molecule has 0 bridgehead atoms. The van der Waals surface area contributed by atoms with Crippen LogP contribution in [-0.2, 0) is 6.54 Å². The number of furan rings is 1. The number of amides is 1. The molecule has 0 atom stereocenters. The van der Waals surface area contributed by atoms with E-state index >= 15 is 0 Å². The fourth-order valence-corrected chi connectivity index (χ4v) is 3.10. The summed E-state index contributed by atoms with van der Waals surface area (Å²) in [5.41, 5.74) is 1.01. The lowest BCUT2D eigenvalue weighted by Gasteiger charge is -2.19. The Hall–Kier alpha value is -3.74. The highest BCUT2D eigenvalue weighted by atomic mass is 19.1. The number of carbonyl (C=O) groups excluding carboxylic acids is 1. The fraction of sp³-hybridized carbons (Fsp3) is 0.136. The maximum atomic E-state index is 13.1. The van der Waals surface area contributed by atoms with Gasteiger partial charge >= 0.3 is 0 Å². The average molecular weight is 391 g/mol. The minimum Gasteiger partial charge on any atom is -0.451 e. The molecule has 0 saturated carbocycles. The van der Waals surface area contributed by atoms with E-state index in [1.54, 1.807) is 48.5 Å². The van der Waals surface area contributed by atoms with Crippen LogP contribution in [0.4, 0.5) is 4.39 Å². The van der Waals surface area contributed by atoms with Crippen molar-refractivity contribution in [3.05, 3.63) is 88.4 Å². The molecule has 0 saturated heterocycles. The zero-order chi connectivity index (χ0) is 20.4. The molecule has 2 aromatic carbocycles. The van der Waals surface area contributed by atoms with E-state index in [0.717, 1.165) is 0 Å². The summed E-state index contributed by atoms with van der Waals surface area (Å²) in [7, 11) is 0. The van der Waals surface area contributed by atoms with Gasteiger partial charge in [0.05, 0.1) is 17.4 Å². The minimum absolute atomic E-state index is 0.141. The van der Waals surface area contributed by atoms with Crippen molar-refractivity contribution in [2.24, 2.45) is 0 Å². The Morgan fingerprint density at radius 2 is 1.86 bits per heavy atom. The third-order valence-corrected chi connectivity index (χ3v) is 4.62. The Kier molecular flexibility index (Phi) is 4.95. The van der Waals surface area contributed by atoms with Crippen molar-refractivity contribution >= 4 is 16.8 Å². The molecule has 2 heterocycles. The van der Waals surface area contributed by atoms with Crippen LogP contribution in [0.1, 0.15) is 23.3 Å². The Labute approximate surface area is 165 Å². The molecule has 7 heteroatoms. The molecule has 0 fully saturated rings. The van der Waals surface area contributed by atoms with Gasteiger partial charge in [-0.15, -0.1) is 0 Å². The van der Waals surface area contributed by atoms with Crippen LogP contribution in [0, 0.1) is 5.82 Å². The Balaban J connectivity index is 1.57. The van der Waals surface area contributed by atoms with Gasteiger partial charge in [0.25, 0.3) is 11.5 Å². The average Bonchev–Trinajstić information content (AvgIpc) is 3.22. The number of aromatic amines is 1. The van der Waals surface area contributed by atoms with Gasteiger partial charge in [-0.3, -0.25) is 9.59 Å². The second-order valence-electron chi connectivity index (χ2n) is 6.52. The lowest BCUT2D eigenvalue weighted by molar-refractivity contribution is 0.0717. The number of benzene rings is 2. The normalized spacial score (nSPS) is 11.0. The Morgan fingerprint density at radius 1 is 1.10 bits per heavy atom. The number of hydrogen-bond acceptors (Lipinski definition) is 4. The molecule has 0 aliphatic carbocycles. The van der Waals surface area contributed by atoms with E-state index in [1.165, 1.54) is 17.0 Å². The molecule has 0 unspecified atom stereocenters. The second kappa shape index (κ2) is 7.71. The van der Waals surface area contributed by atoms with Crippen LogP contribution in [0.25, 0.3) is 22.2 Å². The molecular formula is C22H18FN3O3. The van der Waals surface area contributed by atoms with Gasteiger partial charge < -0.3 is 14.3 Å². The number of para-hydroxylation sites is 1. The SMILES string of the molecule is CCN(Cc1nc2ccccc2c(=O)[nH]1)C(=O)c1ccc(-c2ccc(F)cc2)o1. The minimum atomic E-state index is -0.342. The van der Waals surface area contributed by atoms with Gasteiger partial charge in [0.1, 0.15) is 17.4 Å². The summed E-state index contributed by atoms with van der Waals surface area (Å²) < 4.78 is 18.8. The molecule has 29 heavy (non-hydrogen) atoms. The summed E-state index contributed by atoms with van der Waals surface area (Å²) in [4.78, 5) is 33.8. The van der Waals surface area contributed by atoms with Crippen LogP contribution in [-0.4, -0.2) is 27.3 Å². The lowest BCUT2D eigenvalue weighted by Crippen LogP contribution is -2.31. The first kappa shape index (κ1) is 18.6. The summed E-state index contributed by atoms with van der Waals surface area (Å²) in [5, 5.41) is 0.501. The molecule has 4 aromatic rings. The zero-order valence-electron chi connectivity index (χ0n) is 15.7. The van der Waals surface area contributed by atoms with Gasteiger partial charge in [-0.2, -0.15) is 0 Å². The Bertz CT molecular complexity index is 1230. The maximum absolute atomic E-state index is 13.1. The summed E-state index contributed by atoms with van der Waals surface area (Å²) in [6.07, 6.45) is 0. The zero-order valence-corrected chi connectivity index (χ0v) is 15.7. The first-order valence-corrected chi connectivity index (χ1v) is 9.18. The third-order valence-electron chi connectivity index (χ3n) is 4.62. The van der Waals surface area contributed by atoms with Gasteiger partial charge in [-0.05, 0) is 55.5 Å². The van der Waals surface area contributed by atoms with E-state index in [0.29, 0.717) is 34.6 Å². The van der Waals surface area contributed by atoms with E-state index in [-0.39, 0.29) is 29.6 Å². The molecule has 0 aliphatic heterocycles. The van der Waals surface area contributed by atoms with Crippen molar-refractivity contribution in [3.8, 4) is 11.3 Å². The monoisotopic (exact) mass is 391 g/mol. The van der Waals surface area contributed by atoms with Crippen molar-refractivity contribution in [1.82, 2.24) is 14.9 Å². The molecule has 1 N–H and O–H groups in total. The predicted octanol–water partition coefficient (Wildman–Crippen LogP) is 3.98. The highest BCUT2D eigenvalue weighted by Gasteiger charge is 2.20. The highest BCUT2D eigenvalue weighted by molar-refractivity contribution is 5.92. The van der Waals surface area contributed by atoms with Crippen molar-refractivity contribution in [2.45, 2.75) is 13.5 Å². The third kappa shape index (κ3) is 3.80. The fourth-order valence-electron chi connectivity index (χ4n) is 3.10. The summed E-state index contributed by atoms with van der Waals surface area (Å²) in [6.45, 7) is 2.38. The predicted molar refractivity (Wildman–Crippen MR) is 107 cm³/mol. The van der Waals surface area contributed by atoms with E-state index in [4.69, 9.17) is 4.42 Å². The molecular weight excluding hydrogens is 373 g/mol. The molecule has 2 aromatic heterocycles. The number of fused-ring (bicyclic) bond motifs is 1. The Morgan fingerprint density at radius 3 is 2.62 bits per heavy atom. The number of nitrogens with one attached hydrogen (secondary N) is 1. The maximum Gasteiger partial charge on any atom is 0.289 e. The van der Waals surface area contributed by atoms with Crippen molar-refractivity contribution in [3.63, 3.8) is 0 Å². The van der Waals surface area contributed by atoms with E-state index in [9.17, 15) is 14.0 Å². The molecule has 0 radical (unpaired) electrons. The van der Waals surface area contributed by atoms with E-state index in [2.05, 4.69) is 9.97 Å². The van der Waals surface area contributed by atoms with Gasteiger partial charge in [0, 0.05) is 12.1 Å². The van der Waals surface area contributed by atoms with Crippen LogP contribution in [0.3, 0.4) is 0 Å². The number of rotatable bonds is 5. The van der Waals surface area contributed by atoms with Gasteiger partial charge in [-0.1, -0.05) is 12.1 Å². The molecule has 4 rings (SSSR count). The standard InChI is InChI=1S/C22H18FN3O3/c1-2-26(13-20-24-17-6-4-3-5-16(17)21(27)25-20)22(28)19-12-11-18(29-19)14-7-9-15(23)10-8-14/h3-12H,2,13H2,1H3,(H,24,25,27). The van der Waals surface area contributed by atoms with Crippen LogP contribution in [0.2, 0.25) is 0 Å². The summed E-state index contributed by atoms with van der Waals surface area (Å²) in [6, 6.07) is 16.1. The number of hydrogen-bond donors (Lipinski definition) is 1. The second-order valence-corrected chi connectivity index (χ2v) is 6.52. The summed E-state index contributed by atoms with van der Waals surface area (Å²) >= 11 is 0. The number of aromatic nitrogens is 2. The van der Waals surface area contributed by atoms with Crippen LogP contribution in [0.15, 0.2) is 69.9 Å². The molecule has 6 nitrogen and oxygen atoms in total. The van der Waals surface area contributed by atoms with Crippen molar-refractivity contribution in [1.29, 1.82) is 0 Å². The van der Waals surface area contributed by atoms with Crippen LogP contribution < -0.4 is 5.56 Å². The first-order valence-electron chi connectivity index (χ1n) is 9.18. The smallest absolute Gasteiger partial charge is 0.289 e. The van der Waals surface area contributed by atoms with Crippen molar-refractivity contribution in [2.75, 3.05) is 6.54 Å². The molecule has 0 spiro atoms. The molecule has 146 valence electrons. The largest absolute Gasteiger partial charge is 0.451 e. The lowest BCUT2D eigenvalue weighted by atomic mass is 10.2. The number of carbonyl (C=O) groups is 1. The molecule has 0 aliphatic rings. The van der Waals surface area contributed by atoms with Gasteiger partial charge in [0.15, 0.2) is 5.76 Å². The molecule has 1 amide bonds. The van der Waals surface area contributed by atoms with Gasteiger partial charge in [-0.25, -0.2) is 9.37 Å². The quantitative estimate of drug-likeness (QED) is 0.558. The van der Waals surface area contributed by atoms with Gasteiger partial charge in [0.2, 0.25) is 0 Å². The first-order chi connectivity index (χ1) is 14.0. The van der Waals surface area contributed by atoms with Crippen LogP contribution in [0.5, 0.6) is 0 Å². The number of halogens is 1. The van der Waals surface area contributed by atoms with Crippen molar-refractivity contribution < 1.29 is 13.6 Å².